The average molecular weight is 728 g/mol. The number of hydrogen-bond donors (Lipinski definition) is 2. The second-order valence-corrected chi connectivity index (χ2v) is 14.6. The van der Waals surface area contributed by atoms with Crippen molar-refractivity contribution in [3.63, 3.8) is 0 Å². The lowest BCUT2D eigenvalue weighted by Gasteiger charge is -2.44. The van der Waals surface area contributed by atoms with Gasteiger partial charge in [0.05, 0.1) is 0 Å². The fourth-order valence-corrected chi connectivity index (χ4v) is 6.58. The number of benzene rings is 2. The standard InChI is InChI=1S/C38H53N3O9S/c1-23-13-18-29(32-33(47-24(2)42)34(48-25(3)43)35(49-26(4)44)36(50-32)51-9)22-30(23)21-28-16-14-27(15-17-28)11-10-12-31(45)40-38(5,6)37(46)39-19-20-41(7)8/h13-18,22,32-36H,10-12,19-21H2,1-9H3,(H,39,46)(H,40,45)/t32-,33-,34+,35-,36+/m0/s1. The predicted octanol–water partition coefficient (Wildman–Crippen LogP) is 4.04. The Morgan fingerprint density at radius 1 is 0.863 bits per heavy atom. The third-order valence-electron chi connectivity index (χ3n) is 8.49. The molecule has 0 bridgehead atoms. The lowest BCUT2D eigenvalue weighted by molar-refractivity contribution is -0.233. The fraction of sp³-hybridized carbons (Fsp3) is 0.553. The Hall–Kier alpha value is -3.94. The molecule has 0 spiro atoms. The summed E-state index contributed by atoms with van der Waals surface area (Å²) < 4.78 is 23.3. The van der Waals surface area contributed by atoms with Crippen LogP contribution in [0.25, 0.3) is 0 Å². The van der Waals surface area contributed by atoms with Crippen LogP contribution in [0.15, 0.2) is 42.5 Å². The van der Waals surface area contributed by atoms with Gasteiger partial charge in [-0.05, 0) is 88.2 Å². The molecule has 0 saturated carbocycles. The maximum atomic E-state index is 12.6. The molecule has 1 heterocycles. The molecule has 0 unspecified atom stereocenters. The van der Waals surface area contributed by atoms with Crippen molar-refractivity contribution in [2.45, 2.75) is 103 Å². The number of rotatable bonds is 16. The van der Waals surface area contributed by atoms with Crippen molar-refractivity contribution in [1.29, 1.82) is 0 Å². The fourth-order valence-electron chi connectivity index (χ4n) is 5.87. The van der Waals surface area contributed by atoms with Gasteiger partial charge in [0.1, 0.15) is 17.1 Å². The van der Waals surface area contributed by atoms with Crippen molar-refractivity contribution in [1.82, 2.24) is 15.5 Å². The second-order valence-electron chi connectivity index (χ2n) is 13.6. The molecule has 51 heavy (non-hydrogen) atoms. The highest BCUT2D eigenvalue weighted by Gasteiger charge is 2.52. The number of carbonyl (C=O) groups excluding carboxylic acids is 5. The van der Waals surface area contributed by atoms with Crippen LogP contribution >= 0.6 is 11.8 Å². The molecule has 0 aliphatic carbocycles. The third kappa shape index (κ3) is 12.7. The third-order valence-corrected chi connectivity index (χ3v) is 9.33. The van der Waals surface area contributed by atoms with Crippen molar-refractivity contribution in [3.8, 4) is 0 Å². The Labute approximate surface area is 305 Å². The van der Waals surface area contributed by atoms with Crippen LogP contribution in [-0.2, 0) is 55.8 Å². The van der Waals surface area contributed by atoms with Gasteiger partial charge in [0.15, 0.2) is 18.3 Å². The lowest BCUT2D eigenvalue weighted by atomic mass is 9.90. The van der Waals surface area contributed by atoms with E-state index >= 15 is 0 Å². The van der Waals surface area contributed by atoms with Crippen LogP contribution < -0.4 is 10.6 Å². The molecule has 0 radical (unpaired) electrons. The zero-order valence-electron chi connectivity index (χ0n) is 31.2. The number of nitrogens with one attached hydrogen (secondary N) is 2. The van der Waals surface area contributed by atoms with Crippen LogP contribution in [0, 0.1) is 6.92 Å². The first-order valence-electron chi connectivity index (χ1n) is 17.1. The van der Waals surface area contributed by atoms with Gasteiger partial charge < -0.3 is 34.5 Å². The number of esters is 3. The lowest BCUT2D eigenvalue weighted by Crippen LogP contribution is -2.57. The zero-order valence-corrected chi connectivity index (χ0v) is 32.0. The first-order valence-corrected chi connectivity index (χ1v) is 18.4. The molecule has 5 atom stereocenters. The summed E-state index contributed by atoms with van der Waals surface area (Å²) in [6.45, 7) is 10.4. The van der Waals surface area contributed by atoms with Gasteiger partial charge in [-0.1, -0.05) is 42.5 Å². The Balaban J connectivity index is 1.69. The topological polar surface area (TPSA) is 150 Å². The van der Waals surface area contributed by atoms with Crippen LogP contribution in [0.3, 0.4) is 0 Å². The molecule has 2 aromatic carbocycles. The SMILES string of the molecule is CS[C@H]1O[C@@H](c2ccc(C)c(Cc3ccc(CCCC(=O)NC(C)(C)C(=O)NCCN(C)C)cc3)c2)[C@H](OC(C)=O)[C@@H](OC(C)=O)[C@@H]1OC(C)=O. The summed E-state index contributed by atoms with van der Waals surface area (Å²) in [6.07, 6.45) is 0.129. The van der Waals surface area contributed by atoms with Gasteiger partial charge >= 0.3 is 17.9 Å². The molecule has 1 saturated heterocycles. The molecule has 1 fully saturated rings. The molecule has 12 nitrogen and oxygen atoms in total. The second kappa shape index (κ2) is 19.1. The molecule has 280 valence electrons. The summed E-state index contributed by atoms with van der Waals surface area (Å²) in [4.78, 5) is 63.5. The summed E-state index contributed by atoms with van der Waals surface area (Å²) in [6, 6.07) is 14.1. The molecule has 2 N–H and O–H groups in total. The number of amides is 2. The maximum Gasteiger partial charge on any atom is 0.303 e. The van der Waals surface area contributed by atoms with Gasteiger partial charge in [0.25, 0.3) is 0 Å². The maximum absolute atomic E-state index is 12.6. The number of thioether (sulfide) groups is 1. The van der Waals surface area contributed by atoms with Gasteiger partial charge in [-0.3, -0.25) is 24.0 Å². The number of carbonyl (C=O) groups is 5. The minimum atomic E-state index is -1.08. The largest absolute Gasteiger partial charge is 0.455 e. The minimum Gasteiger partial charge on any atom is -0.455 e. The Morgan fingerprint density at radius 3 is 2.04 bits per heavy atom. The van der Waals surface area contributed by atoms with E-state index in [1.54, 1.807) is 20.1 Å². The van der Waals surface area contributed by atoms with E-state index in [2.05, 4.69) is 34.9 Å². The van der Waals surface area contributed by atoms with Crippen LogP contribution in [0.1, 0.15) is 81.4 Å². The Morgan fingerprint density at radius 2 is 1.45 bits per heavy atom. The highest BCUT2D eigenvalue weighted by atomic mass is 32.2. The number of hydrogen-bond acceptors (Lipinski definition) is 11. The van der Waals surface area contributed by atoms with Crippen molar-refractivity contribution in [3.05, 3.63) is 70.3 Å². The summed E-state index contributed by atoms with van der Waals surface area (Å²) >= 11 is 1.30. The van der Waals surface area contributed by atoms with E-state index in [9.17, 15) is 24.0 Å². The van der Waals surface area contributed by atoms with E-state index in [1.807, 2.05) is 44.1 Å². The van der Waals surface area contributed by atoms with Crippen molar-refractivity contribution < 1.29 is 42.9 Å². The van der Waals surface area contributed by atoms with Crippen LogP contribution in [0.4, 0.5) is 0 Å². The number of aryl methyl sites for hydroxylation is 2. The van der Waals surface area contributed by atoms with E-state index in [4.69, 9.17) is 18.9 Å². The van der Waals surface area contributed by atoms with Crippen molar-refractivity contribution in [2.75, 3.05) is 33.4 Å². The molecule has 2 aromatic rings. The number of likely N-dealkylation sites (N-methyl/N-ethyl adjacent to an activating group) is 1. The monoisotopic (exact) mass is 727 g/mol. The zero-order chi connectivity index (χ0) is 37.9. The molecule has 3 rings (SSSR count). The van der Waals surface area contributed by atoms with Gasteiger partial charge in [-0.15, -0.1) is 11.8 Å². The number of nitrogens with zero attached hydrogens (tertiary/aromatic N) is 1. The summed E-state index contributed by atoms with van der Waals surface area (Å²) in [5.41, 5.74) is 3.29. The van der Waals surface area contributed by atoms with Crippen LogP contribution in [-0.4, -0.2) is 97.3 Å². The van der Waals surface area contributed by atoms with Crippen molar-refractivity contribution >= 4 is 41.5 Å². The minimum absolute atomic E-state index is 0.169. The van der Waals surface area contributed by atoms with Crippen LogP contribution in [0.5, 0.6) is 0 Å². The van der Waals surface area contributed by atoms with Gasteiger partial charge in [-0.25, -0.2) is 0 Å². The van der Waals surface area contributed by atoms with Gasteiger partial charge in [0.2, 0.25) is 11.8 Å². The summed E-state index contributed by atoms with van der Waals surface area (Å²) in [5, 5.41) is 5.71. The molecular formula is C38H53N3O9S. The quantitative estimate of drug-likeness (QED) is 0.191. The van der Waals surface area contributed by atoms with E-state index in [0.717, 1.165) is 27.8 Å². The van der Waals surface area contributed by atoms with E-state index in [0.29, 0.717) is 38.8 Å². The normalized spacial score (nSPS) is 20.3. The Bertz CT molecular complexity index is 1530. The smallest absolute Gasteiger partial charge is 0.303 e. The van der Waals surface area contributed by atoms with Gasteiger partial charge in [-0.2, -0.15) is 0 Å². The predicted molar refractivity (Wildman–Crippen MR) is 195 cm³/mol. The van der Waals surface area contributed by atoms with Crippen LogP contribution in [0.2, 0.25) is 0 Å². The first kappa shape index (κ1) is 41.5. The van der Waals surface area contributed by atoms with E-state index < -0.39 is 53.3 Å². The van der Waals surface area contributed by atoms with Crippen molar-refractivity contribution in [2.24, 2.45) is 0 Å². The first-order chi connectivity index (χ1) is 24.0. The molecular weight excluding hydrogens is 674 g/mol. The summed E-state index contributed by atoms with van der Waals surface area (Å²) in [7, 11) is 3.86. The van der Waals surface area contributed by atoms with Gasteiger partial charge in [0, 0.05) is 40.3 Å². The molecule has 2 amide bonds. The average Bonchev–Trinajstić information content (AvgIpc) is 3.03. The van der Waals surface area contributed by atoms with E-state index in [1.165, 1.54) is 32.5 Å². The molecule has 1 aliphatic rings. The van der Waals surface area contributed by atoms with E-state index in [-0.39, 0.29) is 11.8 Å². The molecule has 1 aliphatic heterocycles. The Kier molecular flexibility index (Phi) is 15.5. The molecule has 13 heteroatoms. The molecule has 0 aromatic heterocycles. The highest BCUT2D eigenvalue weighted by molar-refractivity contribution is 7.99. The number of ether oxygens (including phenoxy) is 4. The highest BCUT2D eigenvalue weighted by Crippen LogP contribution is 2.41. The summed E-state index contributed by atoms with van der Waals surface area (Å²) in [5.74, 6) is -2.16.